The lowest BCUT2D eigenvalue weighted by Crippen LogP contribution is -2.31. The average Bonchev–Trinajstić information content (AvgIpc) is 2.88. The summed E-state index contributed by atoms with van der Waals surface area (Å²) in [5.41, 5.74) is 0.657. The molecule has 2 saturated carbocycles. The van der Waals surface area contributed by atoms with E-state index in [1.165, 1.54) is 44.9 Å². The molecule has 3 fully saturated rings. The molecular weight excluding hydrogens is 208 g/mol. The third kappa shape index (κ3) is 2.16. The summed E-state index contributed by atoms with van der Waals surface area (Å²) in [6, 6.07) is 0. The Morgan fingerprint density at radius 3 is 2.24 bits per heavy atom. The van der Waals surface area contributed by atoms with E-state index in [4.69, 9.17) is 4.74 Å². The van der Waals surface area contributed by atoms with E-state index in [9.17, 15) is 0 Å². The van der Waals surface area contributed by atoms with Crippen LogP contribution in [0.25, 0.3) is 0 Å². The lowest BCUT2D eigenvalue weighted by molar-refractivity contribution is 0.0919. The molecule has 0 radical (unpaired) electrons. The van der Waals surface area contributed by atoms with E-state index in [1.807, 2.05) is 0 Å². The van der Waals surface area contributed by atoms with Crippen LogP contribution in [-0.4, -0.2) is 12.2 Å². The van der Waals surface area contributed by atoms with E-state index in [0.717, 1.165) is 17.8 Å². The molecule has 1 heterocycles. The molecule has 0 amide bonds. The SMILES string of the molecule is CC1CC(C2OC2C)CC1C1(C)CCCCC1. The maximum atomic E-state index is 5.72. The number of hydrogen-bond acceptors (Lipinski definition) is 1. The summed E-state index contributed by atoms with van der Waals surface area (Å²) in [4.78, 5) is 0. The molecule has 1 saturated heterocycles. The third-order valence-corrected chi connectivity index (χ3v) is 6.03. The van der Waals surface area contributed by atoms with E-state index < -0.39 is 0 Å². The molecule has 1 aliphatic heterocycles. The molecule has 5 unspecified atom stereocenters. The van der Waals surface area contributed by atoms with Gasteiger partial charge in [0.15, 0.2) is 0 Å². The molecule has 1 nitrogen and oxygen atoms in total. The molecule has 3 aliphatic rings. The average molecular weight is 236 g/mol. The number of ether oxygens (including phenoxy) is 1. The van der Waals surface area contributed by atoms with Gasteiger partial charge in [0.2, 0.25) is 0 Å². The van der Waals surface area contributed by atoms with E-state index in [-0.39, 0.29) is 0 Å². The van der Waals surface area contributed by atoms with Crippen LogP contribution in [-0.2, 0) is 4.74 Å². The van der Waals surface area contributed by atoms with Crippen LogP contribution in [0.2, 0.25) is 0 Å². The van der Waals surface area contributed by atoms with Crippen molar-refractivity contribution in [3.8, 4) is 0 Å². The van der Waals surface area contributed by atoms with Gasteiger partial charge in [-0.3, -0.25) is 0 Å². The largest absolute Gasteiger partial charge is 0.370 e. The topological polar surface area (TPSA) is 12.5 Å². The van der Waals surface area contributed by atoms with Gasteiger partial charge in [-0.15, -0.1) is 0 Å². The molecule has 0 aromatic heterocycles. The Morgan fingerprint density at radius 2 is 1.65 bits per heavy atom. The highest BCUT2D eigenvalue weighted by Crippen LogP contribution is 2.55. The first-order chi connectivity index (χ1) is 8.10. The van der Waals surface area contributed by atoms with Crippen LogP contribution in [0.3, 0.4) is 0 Å². The van der Waals surface area contributed by atoms with Gasteiger partial charge in [-0.25, -0.2) is 0 Å². The Hall–Kier alpha value is -0.0400. The molecule has 0 aromatic carbocycles. The molecule has 5 atom stereocenters. The minimum absolute atomic E-state index is 0.560. The molecule has 0 N–H and O–H groups in total. The summed E-state index contributed by atoms with van der Waals surface area (Å²) in [6.45, 7) is 7.31. The van der Waals surface area contributed by atoms with Gasteiger partial charge in [0.25, 0.3) is 0 Å². The standard InChI is InChI=1S/C16H28O/c1-11-9-13(15-12(2)17-15)10-14(11)16(3)7-5-4-6-8-16/h11-15H,4-10H2,1-3H3. The van der Waals surface area contributed by atoms with Crippen molar-refractivity contribution in [2.24, 2.45) is 23.2 Å². The van der Waals surface area contributed by atoms with Gasteiger partial charge in [0.05, 0.1) is 12.2 Å². The van der Waals surface area contributed by atoms with Gasteiger partial charge in [-0.05, 0) is 55.8 Å². The lowest BCUT2D eigenvalue weighted by Gasteiger charge is -2.41. The second kappa shape index (κ2) is 4.26. The Morgan fingerprint density at radius 1 is 1.00 bits per heavy atom. The molecule has 0 spiro atoms. The minimum Gasteiger partial charge on any atom is -0.370 e. The Bertz CT molecular complexity index is 279. The number of epoxide rings is 1. The molecule has 0 bridgehead atoms. The summed E-state index contributed by atoms with van der Waals surface area (Å²) in [5.74, 6) is 2.78. The van der Waals surface area contributed by atoms with Crippen molar-refractivity contribution in [3.05, 3.63) is 0 Å². The van der Waals surface area contributed by atoms with Crippen LogP contribution in [0.4, 0.5) is 0 Å². The molecule has 1 heteroatoms. The fourth-order valence-electron chi connectivity index (χ4n) is 4.96. The lowest BCUT2D eigenvalue weighted by atomic mass is 9.64. The zero-order valence-electron chi connectivity index (χ0n) is 11.7. The molecule has 2 aliphatic carbocycles. The molecule has 3 rings (SSSR count). The maximum absolute atomic E-state index is 5.72. The summed E-state index contributed by atoms with van der Waals surface area (Å²) in [5, 5.41) is 0. The van der Waals surface area contributed by atoms with E-state index in [2.05, 4.69) is 20.8 Å². The maximum Gasteiger partial charge on any atom is 0.0867 e. The predicted molar refractivity (Wildman–Crippen MR) is 70.9 cm³/mol. The minimum atomic E-state index is 0.560. The van der Waals surface area contributed by atoms with Crippen LogP contribution >= 0.6 is 0 Å². The zero-order valence-corrected chi connectivity index (χ0v) is 11.7. The van der Waals surface area contributed by atoms with Gasteiger partial charge in [-0.1, -0.05) is 33.1 Å². The normalized spacial score (nSPS) is 49.2. The number of hydrogen-bond donors (Lipinski definition) is 0. The Balaban J connectivity index is 1.66. The van der Waals surface area contributed by atoms with Gasteiger partial charge < -0.3 is 4.74 Å². The monoisotopic (exact) mass is 236 g/mol. The van der Waals surface area contributed by atoms with Crippen LogP contribution < -0.4 is 0 Å². The fraction of sp³-hybridized carbons (Fsp3) is 1.00. The quantitative estimate of drug-likeness (QED) is 0.647. The Kier molecular flexibility index (Phi) is 3.01. The van der Waals surface area contributed by atoms with Gasteiger partial charge >= 0.3 is 0 Å². The van der Waals surface area contributed by atoms with E-state index >= 15 is 0 Å². The van der Waals surface area contributed by atoms with Crippen molar-refractivity contribution < 1.29 is 4.74 Å². The molecular formula is C16H28O. The summed E-state index contributed by atoms with van der Waals surface area (Å²) in [7, 11) is 0. The van der Waals surface area contributed by atoms with Gasteiger partial charge in [0.1, 0.15) is 0 Å². The van der Waals surface area contributed by atoms with Gasteiger partial charge in [-0.2, -0.15) is 0 Å². The molecule has 17 heavy (non-hydrogen) atoms. The molecule has 98 valence electrons. The van der Waals surface area contributed by atoms with E-state index in [1.54, 1.807) is 0 Å². The van der Waals surface area contributed by atoms with Crippen molar-refractivity contribution in [2.75, 3.05) is 0 Å². The van der Waals surface area contributed by atoms with Gasteiger partial charge in [0, 0.05) is 0 Å². The van der Waals surface area contributed by atoms with Crippen LogP contribution in [0.15, 0.2) is 0 Å². The highest BCUT2D eigenvalue weighted by Gasteiger charge is 2.50. The predicted octanol–water partition coefficient (Wildman–Crippen LogP) is 4.41. The second-order valence-electron chi connectivity index (χ2n) is 7.34. The highest BCUT2D eigenvalue weighted by atomic mass is 16.6. The van der Waals surface area contributed by atoms with Crippen LogP contribution in [0.1, 0.15) is 65.7 Å². The first-order valence-electron chi connectivity index (χ1n) is 7.75. The summed E-state index contributed by atoms with van der Waals surface area (Å²) >= 11 is 0. The second-order valence-corrected chi connectivity index (χ2v) is 7.34. The van der Waals surface area contributed by atoms with Crippen molar-refractivity contribution in [2.45, 2.75) is 77.9 Å². The van der Waals surface area contributed by atoms with Crippen LogP contribution in [0, 0.1) is 23.2 Å². The number of rotatable bonds is 2. The zero-order chi connectivity index (χ0) is 12.0. The van der Waals surface area contributed by atoms with Crippen molar-refractivity contribution in [3.63, 3.8) is 0 Å². The van der Waals surface area contributed by atoms with Crippen LogP contribution in [0.5, 0.6) is 0 Å². The summed E-state index contributed by atoms with van der Waals surface area (Å²) < 4.78 is 5.72. The first kappa shape index (κ1) is 12.0. The van der Waals surface area contributed by atoms with Crippen molar-refractivity contribution in [1.29, 1.82) is 0 Å². The van der Waals surface area contributed by atoms with Crippen molar-refractivity contribution >= 4 is 0 Å². The Labute approximate surface area is 106 Å². The first-order valence-corrected chi connectivity index (χ1v) is 7.75. The van der Waals surface area contributed by atoms with Crippen molar-refractivity contribution in [1.82, 2.24) is 0 Å². The molecule has 0 aromatic rings. The smallest absolute Gasteiger partial charge is 0.0867 e. The van der Waals surface area contributed by atoms with E-state index in [0.29, 0.717) is 17.6 Å². The third-order valence-electron chi connectivity index (χ3n) is 6.03. The summed E-state index contributed by atoms with van der Waals surface area (Å²) in [6.07, 6.45) is 11.4. The fourth-order valence-corrected chi connectivity index (χ4v) is 4.96. The highest BCUT2D eigenvalue weighted by molar-refractivity contribution is 4.99.